The second kappa shape index (κ2) is 4.28. The molecule has 2 aliphatic heterocycles. The van der Waals surface area contributed by atoms with E-state index >= 15 is 0 Å². The van der Waals surface area contributed by atoms with E-state index in [0.29, 0.717) is 11.8 Å². The Hall–Kier alpha value is -0.120. The Bertz CT molecular complexity index is 365. The van der Waals surface area contributed by atoms with Gasteiger partial charge in [-0.2, -0.15) is 0 Å². The minimum absolute atomic E-state index is 0.608. The smallest absolute Gasteiger partial charge is 0.0960 e. The Labute approximate surface area is 106 Å². The monoisotopic (exact) mass is 256 g/mol. The maximum atomic E-state index is 5.83. The maximum Gasteiger partial charge on any atom is 0.0960 e. The molecule has 0 aromatic carbocycles. The lowest BCUT2D eigenvalue weighted by Crippen LogP contribution is -2.39. The van der Waals surface area contributed by atoms with Crippen molar-refractivity contribution in [1.29, 1.82) is 0 Å². The molecule has 0 amide bonds. The van der Waals surface area contributed by atoms with Crippen molar-refractivity contribution in [1.82, 2.24) is 9.88 Å². The molecule has 3 rings (SSSR count). The standard InChI is InChI=1S/C12H17ClN2S/c1-15-9-2-3-10(15)5-8(4-9)12-14-7-11(6-13)16-12/h7-10H,2-6H2,1H3. The van der Waals surface area contributed by atoms with Crippen LogP contribution < -0.4 is 0 Å². The molecule has 2 saturated heterocycles. The van der Waals surface area contributed by atoms with Crippen molar-refractivity contribution in [2.24, 2.45) is 0 Å². The average molecular weight is 257 g/mol. The van der Waals surface area contributed by atoms with Gasteiger partial charge < -0.3 is 4.90 Å². The molecule has 0 N–H and O–H groups in total. The molecule has 3 heterocycles. The molecule has 4 heteroatoms. The summed E-state index contributed by atoms with van der Waals surface area (Å²) in [5.74, 6) is 1.30. The maximum absolute atomic E-state index is 5.83. The molecule has 0 radical (unpaired) electrons. The van der Waals surface area contributed by atoms with Gasteiger partial charge in [0.15, 0.2) is 0 Å². The van der Waals surface area contributed by atoms with Crippen LogP contribution in [0.4, 0.5) is 0 Å². The summed E-state index contributed by atoms with van der Waals surface area (Å²) in [6.45, 7) is 0. The van der Waals surface area contributed by atoms with Gasteiger partial charge in [0.05, 0.1) is 10.9 Å². The first-order valence-electron chi connectivity index (χ1n) is 6.00. The highest BCUT2D eigenvalue weighted by Crippen LogP contribution is 2.42. The van der Waals surface area contributed by atoms with E-state index in [1.54, 1.807) is 0 Å². The highest BCUT2D eigenvalue weighted by molar-refractivity contribution is 7.11. The van der Waals surface area contributed by atoms with Crippen molar-refractivity contribution < 1.29 is 0 Å². The summed E-state index contributed by atoms with van der Waals surface area (Å²) in [6.07, 6.45) is 7.30. The van der Waals surface area contributed by atoms with Crippen LogP contribution in [0.3, 0.4) is 0 Å². The summed E-state index contributed by atoms with van der Waals surface area (Å²) < 4.78 is 0. The fourth-order valence-electron chi connectivity index (χ4n) is 3.19. The Kier molecular flexibility index (Phi) is 2.94. The van der Waals surface area contributed by atoms with Crippen LogP contribution in [0.2, 0.25) is 0 Å². The molecule has 1 aromatic heterocycles. The SMILES string of the molecule is CN1C2CCC1CC(c1ncc(CCl)s1)C2. The van der Waals surface area contributed by atoms with Crippen LogP contribution in [0.1, 0.15) is 41.5 Å². The number of hydrogen-bond acceptors (Lipinski definition) is 3. The molecule has 2 aliphatic rings. The number of nitrogens with zero attached hydrogens (tertiary/aromatic N) is 2. The van der Waals surface area contributed by atoms with Crippen LogP contribution in [-0.2, 0) is 5.88 Å². The molecule has 0 aliphatic carbocycles. The van der Waals surface area contributed by atoms with E-state index in [1.165, 1.54) is 35.6 Å². The second-order valence-electron chi connectivity index (χ2n) is 5.02. The normalized spacial score (nSPS) is 34.5. The molecule has 0 saturated carbocycles. The Morgan fingerprint density at radius 2 is 2.12 bits per heavy atom. The van der Waals surface area contributed by atoms with E-state index in [-0.39, 0.29) is 0 Å². The van der Waals surface area contributed by atoms with Crippen LogP contribution in [0.5, 0.6) is 0 Å². The molecule has 2 fully saturated rings. The Balaban J connectivity index is 1.77. The molecule has 88 valence electrons. The number of halogens is 1. The third-order valence-electron chi connectivity index (χ3n) is 4.15. The van der Waals surface area contributed by atoms with Gasteiger partial charge in [-0.25, -0.2) is 4.98 Å². The van der Waals surface area contributed by atoms with Gasteiger partial charge in [0, 0.05) is 29.1 Å². The largest absolute Gasteiger partial charge is 0.300 e. The Morgan fingerprint density at radius 1 is 1.44 bits per heavy atom. The molecule has 16 heavy (non-hydrogen) atoms. The predicted octanol–water partition coefficient (Wildman–Crippen LogP) is 3.22. The van der Waals surface area contributed by atoms with E-state index in [4.69, 9.17) is 11.6 Å². The van der Waals surface area contributed by atoms with Gasteiger partial charge >= 0.3 is 0 Å². The summed E-state index contributed by atoms with van der Waals surface area (Å²) in [5, 5.41) is 1.32. The van der Waals surface area contributed by atoms with Gasteiger partial charge in [0.25, 0.3) is 0 Å². The quantitative estimate of drug-likeness (QED) is 0.756. The summed E-state index contributed by atoms with van der Waals surface area (Å²) in [5.41, 5.74) is 0. The van der Waals surface area contributed by atoms with Crippen molar-refractivity contribution in [3.8, 4) is 0 Å². The van der Waals surface area contributed by atoms with Gasteiger partial charge in [0.1, 0.15) is 0 Å². The van der Waals surface area contributed by atoms with Crippen molar-refractivity contribution in [3.05, 3.63) is 16.1 Å². The van der Waals surface area contributed by atoms with E-state index in [2.05, 4.69) is 16.9 Å². The fourth-order valence-corrected chi connectivity index (χ4v) is 4.31. The van der Waals surface area contributed by atoms with Gasteiger partial charge in [-0.15, -0.1) is 22.9 Å². The summed E-state index contributed by atoms with van der Waals surface area (Å²) in [7, 11) is 2.28. The number of aromatic nitrogens is 1. The van der Waals surface area contributed by atoms with Gasteiger partial charge in [0.2, 0.25) is 0 Å². The number of fused-ring (bicyclic) bond motifs is 2. The molecule has 0 spiro atoms. The molecular formula is C12H17ClN2S. The van der Waals surface area contributed by atoms with Crippen molar-refractivity contribution in [2.75, 3.05) is 7.05 Å². The number of rotatable bonds is 2. The number of alkyl halides is 1. The van der Waals surface area contributed by atoms with Crippen LogP contribution in [0, 0.1) is 0 Å². The molecule has 1 aromatic rings. The summed E-state index contributed by atoms with van der Waals surface area (Å²) in [4.78, 5) is 8.33. The first-order valence-corrected chi connectivity index (χ1v) is 7.35. The van der Waals surface area contributed by atoms with Gasteiger partial charge in [-0.05, 0) is 32.7 Å². The third kappa shape index (κ3) is 1.79. The average Bonchev–Trinajstić information content (AvgIpc) is 2.82. The molecule has 2 unspecified atom stereocenters. The third-order valence-corrected chi connectivity index (χ3v) is 5.76. The first kappa shape index (κ1) is 11.0. The van der Waals surface area contributed by atoms with Crippen LogP contribution >= 0.6 is 22.9 Å². The minimum Gasteiger partial charge on any atom is -0.300 e. The van der Waals surface area contributed by atoms with Crippen LogP contribution in [0.15, 0.2) is 6.20 Å². The van der Waals surface area contributed by atoms with E-state index in [9.17, 15) is 0 Å². The zero-order valence-corrected chi connectivity index (χ0v) is 11.1. The van der Waals surface area contributed by atoms with Gasteiger partial charge in [-0.1, -0.05) is 0 Å². The predicted molar refractivity (Wildman–Crippen MR) is 68.2 cm³/mol. The van der Waals surface area contributed by atoms with Crippen molar-refractivity contribution in [2.45, 2.75) is 49.6 Å². The lowest BCUT2D eigenvalue weighted by Gasteiger charge is -2.35. The van der Waals surface area contributed by atoms with Crippen molar-refractivity contribution in [3.63, 3.8) is 0 Å². The first-order chi connectivity index (χ1) is 7.78. The van der Waals surface area contributed by atoms with Crippen molar-refractivity contribution >= 4 is 22.9 Å². The fraction of sp³-hybridized carbons (Fsp3) is 0.750. The lowest BCUT2D eigenvalue weighted by atomic mass is 9.92. The number of piperidine rings is 1. The van der Waals surface area contributed by atoms with Crippen LogP contribution in [0.25, 0.3) is 0 Å². The molecular weight excluding hydrogens is 240 g/mol. The minimum atomic E-state index is 0.608. The molecule has 2 bridgehead atoms. The highest BCUT2D eigenvalue weighted by Gasteiger charge is 2.39. The van der Waals surface area contributed by atoms with E-state index in [1.807, 2.05) is 17.5 Å². The number of thiazole rings is 1. The zero-order valence-electron chi connectivity index (χ0n) is 9.53. The zero-order chi connectivity index (χ0) is 11.1. The summed E-state index contributed by atoms with van der Waals surface area (Å²) >= 11 is 7.65. The topological polar surface area (TPSA) is 16.1 Å². The highest BCUT2D eigenvalue weighted by atomic mass is 35.5. The summed E-state index contributed by atoms with van der Waals surface area (Å²) in [6, 6.07) is 1.60. The molecule has 2 atom stereocenters. The second-order valence-corrected chi connectivity index (χ2v) is 6.43. The Morgan fingerprint density at radius 3 is 2.69 bits per heavy atom. The lowest BCUT2D eigenvalue weighted by molar-refractivity contribution is 0.161. The van der Waals surface area contributed by atoms with E-state index < -0.39 is 0 Å². The molecule has 2 nitrogen and oxygen atoms in total. The number of hydrogen-bond donors (Lipinski definition) is 0. The van der Waals surface area contributed by atoms with E-state index in [0.717, 1.165) is 12.1 Å². The van der Waals surface area contributed by atoms with Crippen LogP contribution in [-0.4, -0.2) is 29.0 Å². The van der Waals surface area contributed by atoms with Gasteiger partial charge in [-0.3, -0.25) is 0 Å².